The van der Waals surface area contributed by atoms with Crippen molar-refractivity contribution in [3.05, 3.63) is 45.1 Å². The topological polar surface area (TPSA) is 89.1 Å². The van der Waals surface area contributed by atoms with Gasteiger partial charge in [-0.15, -0.1) is 0 Å². The van der Waals surface area contributed by atoms with Gasteiger partial charge in [-0.2, -0.15) is 0 Å². The highest BCUT2D eigenvalue weighted by molar-refractivity contribution is 5.98. The average molecular weight is 410 g/mol. The molecule has 0 bridgehead atoms. The molecule has 0 atom stereocenters. The summed E-state index contributed by atoms with van der Waals surface area (Å²) >= 11 is 0. The van der Waals surface area contributed by atoms with Crippen LogP contribution in [-0.2, 0) is 12.8 Å². The van der Waals surface area contributed by atoms with Gasteiger partial charge >= 0.3 is 0 Å². The molecule has 4 rings (SSSR count). The highest BCUT2D eigenvalue weighted by atomic mass is 16.5. The Morgan fingerprint density at radius 2 is 1.83 bits per heavy atom. The number of aromatic hydroxyl groups is 2. The molecule has 30 heavy (non-hydrogen) atoms. The Morgan fingerprint density at radius 3 is 2.50 bits per heavy atom. The largest absolute Gasteiger partial charge is 0.507 e. The van der Waals surface area contributed by atoms with Crippen LogP contribution in [0.25, 0.3) is 21.9 Å². The molecule has 2 N–H and O–H groups in total. The molecule has 0 unspecified atom stereocenters. The number of benzene rings is 2. The van der Waals surface area contributed by atoms with Crippen molar-refractivity contribution < 1.29 is 24.1 Å². The van der Waals surface area contributed by atoms with Gasteiger partial charge in [0.1, 0.15) is 33.7 Å². The van der Waals surface area contributed by atoms with E-state index >= 15 is 0 Å². The Balaban J connectivity index is 2.16. The van der Waals surface area contributed by atoms with Crippen molar-refractivity contribution >= 4 is 21.9 Å². The summed E-state index contributed by atoms with van der Waals surface area (Å²) in [6.07, 6.45) is 3.70. The number of hydrogen-bond donors (Lipinski definition) is 2. The van der Waals surface area contributed by atoms with Crippen molar-refractivity contribution in [3.8, 4) is 23.0 Å². The van der Waals surface area contributed by atoms with Crippen LogP contribution in [0.15, 0.2) is 33.0 Å². The molecule has 0 saturated carbocycles. The minimum absolute atomic E-state index is 0.0398. The number of fused-ring (bicyclic) bond motifs is 4. The third-order valence-corrected chi connectivity index (χ3v) is 5.60. The van der Waals surface area contributed by atoms with E-state index in [4.69, 9.17) is 13.9 Å². The summed E-state index contributed by atoms with van der Waals surface area (Å²) in [6.45, 7) is 7.83. The Hall–Kier alpha value is -3.15. The summed E-state index contributed by atoms with van der Waals surface area (Å²) in [7, 11) is 1.46. The van der Waals surface area contributed by atoms with Crippen LogP contribution in [0.5, 0.6) is 23.0 Å². The Kier molecular flexibility index (Phi) is 4.68. The zero-order valence-electron chi connectivity index (χ0n) is 17.9. The predicted octanol–water partition coefficient (Wildman–Crippen LogP) is 4.98. The lowest BCUT2D eigenvalue weighted by atomic mass is 9.91. The smallest absolute Gasteiger partial charge is 0.204 e. The van der Waals surface area contributed by atoms with Gasteiger partial charge in [0.25, 0.3) is 0 Å². The molecule has 158 valence electrons. The van der Waals surface area contributed by atoms with E-state index in [1.54, 1.807) is 0 Å². The van der Waals surface area contributed by atoms with Gasteiger partial charge in [-0.05, 0) is 47.0 Å². The fraction of sp³-hybridized carbons (Fsp3) is 0.375. The molecule has 6 nitrogen and oxygen atoms in total. The van der Waals surface area contributed by atoms with Crippen molar-refractivity contribution in [1.82, 2.24) is 0 Å². The molecule has 0 fully saturated rings. The van der Waals surface area contributed by atoms with E-state index in [9.17, 15) is 15.0 Å². The number of hydrogen-bond acceptors (Lipinski definition) is 6. The summed E-state index contributed by atoms with van der Waals surface area (Å²) in [6, 6.07) is 2.83. The van der Waals surface area contributed by atoms with Crippen LogP contribution in [0.3, 0.4) is 0 Å². The first kappa shape index (κ1) is 20.1. The van der Waals surface area contributed by atoms with Crippen LogP contribution in [-0.4, -0.2) is 22.9 Å². The second-order valence-corrected chi connectivity index (χ2v) is 8.64. The van der Waals surface area contributed by atoms with Crippen molar-refractivity contribution in [2.45, 2.75) is 52.6 Å². The molecule has 0 spiro atoms. The normalized spacial score (nSPS) is 15.0. The fourth-order valence-electron chi connectivity index (χ4n) is 4.05. The zero-order valence-corrected chi connectivity index (χ0v) is 17.9. The molecule has 0 radical (unpaired) electrons. The second-order valence-electron chi connectivity index (χ2n) is 8.64. The van der Waals surface area contributed by atoms with Crippen LogP contribution in [0.1, 0.15) is 45.2 Å². The van der Waals surface area contributed by atoms with E-state index in [1.165, 1.54) is 19.2 Å². The molecule has 2 aromatic carbocycles. The average Bonchev–Trinajstić information content (AvgIpc) is 2.64. The van der Waals surface area contributed by atoms with Gasteiger partial charge in [0, 0.05) is 23.3 Å². The van der Waals surface area contributed by atoms with Crippen LogP contribution in [0.4, 0.5) is 0 Å². The van der Waals surface area contributed by atoms with Crippen molar-refractivity contribution in [2.75, 3.05) is 7.11 Å². The quantitative estimate of drug-likeness (QED) is 0.468. The monoisotopic (exact) mass is 410 g/mol. The van der Waals surface area contributed by atoms with Gasteiger partial charge < -0.3 is 24.1 Å². The van der Waals surface area contributed by atoms with Crippen LogP contribution in [0.2, 0.25) is 0 Å². The van der Waals surface area contributed by atoms with Crippen LogP contribution >= 0.6 is 0 Å². The molecule has 1 aliphatic rings. The number of phenolic OH excluding ortho intramolecular Hbond substituents is 2. The molecule has 1 aromatic heterocycles. The molecule has 0 aliphatic carbocycles. The summed E-state index contributed by atoms with van der Waals surface area (Å²) in [5.74, 6) is 0.555. The van der Waals surface area contributed by atoms with E-state index in [1.807, 2.05) is 33.8 Å². The first-order valence-electron chi connectivity index (χ1n) is 9.99. The second kappa shape index (κ2) is 6.97. The van der Waals surface area contributed by atoms with Gasteiger partial charge in [-0.1, -0.05) is 11.6 Å². The van der Waals surface area contributed by atoms with Gasteiger partial charge in [0.15, 0.2) is 11.5 Å². The lowest BCUT2D eigenvalue weighted by molar-refractivity contribution is 0.0858. The minimum atomic E-state index is -0.466. The Morgan fingerprint density at radius 1 is 1.17 bits per heavy atom. The number of allylic oxidation sites excluding steroid dienone is 2. The first-order valence-corrected chi connectivity index (χ1v) is 9.99. The Labute approximate surface area is 174 Å². The SMILES string of the molecule is COc1c(O)cc2oc3cc(O)c4c(c3c(=O)c2c1CC=C(C)C)OC(C)(C)CC4. The van der Waals surface area contributed by atoms with E-state index in [0.717, 1.165) is 12.0 Å². The van der Waals surface area contributed by atoms with E-state index in [2.05, 4.69) is 0 Å². The van der Waals surface area contributed by atoms with Crippen molar-refractivity contribution in [2.24, 2.45) is 0 Å². The van der Waals surface area contributed by atoms with Gasteiger partial charge in [-0.3, -0.25) is 4.79 Å². The zero-order chi connectivity index (χ0) is 21.8. The summed E-state index contributed by atoms with van der Waals surface area (Å²) in [5.41, 5.74) is 1.97. The van der Waals surface area contributed by atoms with E-state index in [0.29, 0.717) is 40.5 Å². The molecule has 2 heterocycles. The van der Waals surface area contributed by atoms with E-state index in [-0.39, 0.29) is 33.8 Å². The van der Waals surface area contributed by atoms with Crippen molar-refractivity contribution in [3.63, 3.8) is 0 Å². The molecule has 0 amide bonds. The first-order chi connectivity index (χ1) is 14.1. The molecule has 1 aliphatic heterocycles. The van der Waals surface area contributed by atoms with Gasteiger partial charge in [-0.25, -0.2) is 0 Å². The maximum absolute atomic E-state index is 13.7. The lowest BCUT2D eigenvalue weighted by Gasteiger charge is -2.33. The maximum Gasteiger partial charge on any atom is 0.204 e. The van der Waals surface area contributed by atoms with Crippen molar-refractivity contribution in [1.29, 1.82) is 0 Å². The molecular weight excluding hydrogens is 384 g/mol. The number of rotatable bonds is 3. The lowest BCUT2D eigenvalue weighted by Crippen LogP contribution is -2.33. The van der Waals surface area contributed by atoms with Gasteiger partial charge in [0.2, 0.25) is 5.43 Å². The standard InChI is InChI=1S/C24H26O6/c1-12(2)6-7-14-19-17(11-16(26)22(14)28-5)29-18-10-15(25)13-8-9-24(3,4)30-23(13)20(18)21(19)27/h6,10-11,25-26H,7-9H2,1-5H3. The van der Waals surface area contributed by atoms with Crippen LogP contribution < -0.4 is 14.9 Å². The third kappa shape index (κ3) is 3.16. The number of ether oxygens (including phenoxy) is 2. The molecule has 0 saturated heterocycles. The summed E-state index contributed by atoms with van der Waals surface area (Å²) in [5, 5.41) is 21.6. The highest BCUT2D eigenvalue weighted by Crippen LogP contribution is 2.44. The highest BCUT2D eigenvalue weighted by Gasteiger charge is 2.32. The summed E-state index contributed by atoms with van der Waals surface area (Å²) in [4.78, 5) is 13.7. The number of methoxy groups -OCH3 is 1. The Bertz CT molecular complexity index is 1260. The van der Waals surface area contributed by atoms with Crippen LogP contribution in [0, 0.1) is 0 Å². The molecule has 6 heteroatoms. The molecular formula is C24H26O6. The molecule has 3 aromatic rings. The third-order valence-electron chi connectivity index (χ3n) is 5.60. The minimum Gasteiger partial charge on any atom is -0.507 e. The summed E-state index contributed by atoms with van der Waals surface area (Å²) < 4.78 is 17.6. The number of phenols is 2. The van der Waals surface area contributed by atoms with Gasteiger partial charge in [0.05, 0.1) is 12.5 Å². The maximum atomic E-state index is 13.7. The predicted molar refractivity (Wildman–Crippen MR) is 116 cm³/mol. The fourth-order valence-corrected chi connectivity index (χ4v) is 4.05. The van der Waals surface area contributed by atoms with E-state index < -0.39 is 5.60 Å².